The molecule has 0 aliphatic heterocycles. The molecule has 0 radical (unpaired) electrons. The molecule has 0 aliphatic carbocycles. The average molecular weight is 379 g/mol. The number of carbonyl (C=O) groups excluding carboxylic acids is 3. The van der Waals surface area contributed by atoms with Gasteiger partial charge in [-0.25, -0.2) is 0 Å². The van der Waals surface area contributed by atoms with Gasteiger partial charge >= 0.3 is 17.9 Å². The van der Waals surface area contributed by atoms with Crippen LogP contribution in [0.5, 0.6) is 5.75 Å². The first-order valence-corrected chi connectivity index (χ1v) is 9.13. The van der Waals surface area contributed by atoms with Crippen LogP contribution in [0.2, 0.25) is 0 Å². The minimum absolute atomic E-state index is 0.141. The minimum atomic E-state index is -0.369. The van der Waals surface area contributed by atoms with E-state index in [1.165, 1.54) is 14.0 Å². The lowest BCUT2D eigenvalue weighted by molar-refractivity contribution is -0.147. The highest BCUT2D eigenvalue weighted by Crippen LogP contribution is 2.14. The van der Waals surface area contributed by atoms with Crippen molar-refractivity contribution in [2.24, 2.45) is 0 Å². The number of ether oxygens (including phenoxy) is 3. The van der Waals surface area contributed by atoms with Gasteiger partial charge in [0.15, 0.2) is 0 Å². The molecule has 150 valence electrons. The lowest BCUT2D eigenvalue weighted by Gasteiger charge is -2.28. The molecule has 0 heterocycles. The van der Waals surface area contributed by atoms with Crippen LogP contribution in [0.4, 0.5) is 0 Å². The van der Waals surface area contributed by atoms with Crippen LogP contribution in [-0.4, -0.2) is 55.7 Å². The summed E-state index contributed by atoms with van der Waals surface area (Å²) in [5.74, 6) is -0.570. The Bertz CT molecular complexity index is 609. The summed E-state index contributed by atoms with van der Waals surface area (Å²) in [6, 6.07) is 6.81. The maximum absolute atomic E-state index is 12.2. The van der Waals surface area contributed by atoms with Crippen LogP contribution in [0.3, 0.4) is 0 Å². The number of hydrogen-bond donors (Lipinski definition) is 0. The van der Waals surface area contributed by atoms with Crippen LogP contribution in [0.1, 0.15) is 39.2 Å². The lowest BCUT2D eigenvalue weighted by atomic mass is 10.1. The van der Waals surface area contributed by atoms with Gasteiger partial charge in [-0.3, -0.25) is 19.3 Å². The molecule has 1 unspecified atom stereocenters. The van der Waals surface area contributed by atoms with Crippen molar-refractivity contribution in [3.63, 3.8) is 0 Å². The SMILES string of the molecule is CCN(CC)C(CC(=O)OC)CC(=O)OCCc1ccc(OC(C)=O)cc1. The van der Waals surface area contributed by atoms with E-state index in [0.29, 0.717) is 12.2 Å². The number of methoxy groups -OCH3 is 1. The summed E-state index contributed by atoms with van der Waals surface area (Å²) in [5, 5.41) is 0. The van der Waals surface area contributed by atoms with E-state index in [1.54, 1.807) is 12.1 Å². The van der Waals surface area contributed by atoms with E-state index in [9.17, 15) is 14.4 Å². The molecule has 0 saturated carbocycles. The normalized spacial score (nSPS) is 11.7. The van der Waals surface area contributed by atoms with Crippen LogP contribution < -0.4 is 4.74 Å². The van der Waals surface area contributed by atoms with E-state index < -0.39 is 0 Å². The summed E-state index contributed by atoms with van der Waals surface area (Å²) in [5.41, 5.74) is 0.966. The van der Waals surface area contributed by atoms with E-state index in [-0.39, 0.29) is 43.4 Å². The maximum Gasteiger partial charge on any atom is 0.308 e. The van der Waals surface area contributed by atoms with Gasteiger partial charge < -0.3 is 14.2 Å². The third-order valence-electron chi connectivity index (χ3n) is 4.20. The predicted octanol–water partition coefficient (Wildman–Crippen LogP) is 2.36. The van der Waals surface area contributed by atoms with Crippen LogP contribution in [-0.2, 0) is 30.3 Å². The van der Waals surface area contributed by atoms with Gasteiger partial charge in [-0.2, -0.15) is 0 Å². The Labute approximate surface area is 160 Å². The summed E-state index contributed by atoms with van der Waals surface area (Å²) in [4.78, 5) is 36.7. The molecule has 0 saturated heterocycles. The molecule has 1 aromatic rings. The maximum atomic E-state index is 12.2. The number of benzene rings is 1. The highest BCUT2D eigenvalue weighted by Gasteiger charge is 2.23. The first-order valence-electron chi connectivity index (χ1n) is 9.13. The Hall–Kier alpha value is -2.41. The molecule has 1 rings (SSSR count). The molecule has 0 aromatic heterocycles. The first kappa shape index (κ1) is 22.6. The van der Waals surface area contributed by atoms with Crippen molar-refractivity contribution in [1.29, 1.82) is 0 Å². The molecular weight excluding hydrogens is 350 g/mol. The second-order valence-electron chi connectivity index (χ2n) is 6.07. The fraction of sp³-hybridized carbons (Fsp3) is 0.550. The molecule has 27 heavy (non-hydrogen) atoms. The van der Waals surface area contributed by atoms with Gasteiger partial charge in [0, 0.05) is 19.4 Å². The van der Waals surface area contributed by atoms with Crippen molar-refractivity contribution in [1.82, 2.24) is 4.90 Å². The number of esters is 3. The number of hydrogen-bond acceptors (Lipinski definition) is 7. The number of nitrogens with zero attached hydrogens (tertiary/aromatic N) is 1. The van der Waals surface area contributed by atoms with E-state index in [4.69, 9.17) is 14.2 Å². The molecule has 0 aliphatic rings. The Morgan fingerprint density at radius 3 is 2.11 bits per heavy atom. The summed E-state index contributed by atoms with van der Waals surface area (Å²) in [6.07, 6.45) is 0.853. The van der Waals surface area contributed by atoms with Crippen LogP contribution in [0.15, 0.2) is 24.3 Å². The van der Waals surface area contributed by atoms with Gasteiger partial charge in [0.05, 0.1) is 26.6 Å². The van der Waals surface area contributed by atoms with Gasteiger partial charge in [0.1, 0.15) is 5.75 Å². The molecule has 0 spiro atoms. The molecule has 0 amide bonds. The second kappa shape index (κ2) is 12.1. The van der Waals surface area contributed by atoms with Crippen LogP contribution >= 0.6 is 0 Å². The fourth-order valence-corrected chi connectivity index (χ4v) is 2.77. The van der Waals surface area contributed by atoms with E-state index in [2.05, 4.69) is 0 Å². The van der Waals surface area contributed by atoms with Crippen molar-refractivity contribution in [3.05, 3.63) is 29.8 Å². The van der Waals surface area contributed by atoms with Crippen molar-refractivity contribution >= 4 is 17.9 Å². The third-order valence-corrected chi connectivity index (χ3v) is 4.20. The van der Waals surface area contributed by atoms with Crippen molar-refractivity contribution in [2.75, 3.05) is 26.8 Å². The van der Waals surface area contributed by atoms with Gasteiger partial charge in [-0.05, 0) is 30.8 Å². The van der Waals surface area contributed by atoms with E-state index >= 15 is 0 Å². The standard InChI is InChI=1S/C20H29NO6/c1-5-21(6-2)17(13-19(23)25-4)14-20(24)26-12-11-16-7-9-18(10-8-16)27-15(3)22/h7-10,17H,5-6,11-14H2,1-4H3. The largest absolute Gasteiger partial charge is 0.469 e. The lowest BCUT2D eigenvalue weighted by Crippen LogP contribution is -2.39. The Kier molecular flexibility index (Phi) is 10.1. The zero-order valence-corrected chi connectivity index (χ0v) is 16.5. The third kappa shape index (κ3) is 8.68. The Morgan fingerprint density at radius 1 is 1.00 bits per heavy atom. The van der Waals surface area contributed by atoms with Crippen LogP contribution in [0, 0.1) is 0 Å². The van der Waals surface area contributed by atoms with Crippen molar-refractivity contribution in [2.45, 2.75) is 46.1 Å². The van der Waals surface area contributed by atoms with Crippen molar-refractivity contribution < 1.29 is 28.6 Å². The molecule has 0 N–H and O–H groups in total. The first-order chi connectivity index (χ1) is 12.9. The second-order valence-corrected chi connectivity index (χ2v) is 6.07. The molecule has 1 atom stereocenters. The smallest absolute Gasteiger partial charge is 0.308 e. The Morgan fingerprint density at radius 2 is 1.59 bits per heavy atom. The zero-order chi connectivity index (χ0) is 20.2. The van der Waals surface area contributed by atoms with E-state index in [1.807, 2.05) is 30.9 Å². The van der Waals surface area contributed by atoms with Gasteiger partial charge in [0.2, 0.25) is 0 Å². The average Bonchev–Trinajstić information content (AvgIpc) is 2.63. The molecule has 7 heteroatoms. The van der Waals surface area contributed by atoms with Gasteiger partial charge in [-0.15, -0.1) is 0 Å². The van der Waals surface area contributed by atoms with E-state index in [0.717, 1.165) is 18.7 Å². The number of rotatable bonds is 11. The zero-order valence-electron chi connectivity index (χ0n) is 16.5. The summed E-state index contributed by atoms with van der Waals surface area (Å²) >= 11 is 0. The summed E-state index contributed by atoms with van der Waals surface area (Å²) in [7, 11) is 1.34. The van der Waals surface area contributed by atoms with Crippen LogP contribution in [0.25, 0.3) is 0 Å². The molecular formula is C20H29NO6. The van der Waals surface area contributed by atoms with Gasteiger partial charge in [0.25, 0.3) is 0 Å². The highest BCUT2D eigenvalue weighted by molar-refractivity contribution is 5.74. The monoisotopic (exact) mass is 379 g/mol. The molecule has 0 fully saturated rings. The van der Waals surface area contributed by atoms with Gasteiger partial charge in [-0.1, -0.05) is 26.0 Å². The molecule has 1 aromatic carbocycles. The highest BCUT2D eigenvalue weighted by atomic mass is 16.5. The molecule has 0 bridgehead atoms. The Balaban J connectivity index is 2.49. The molecule has 7 nitrogen and oxygen atoms in total. The topological polar surface area (TPSA) is 82.1 Å². The summed E-state index contributed by atoms with van der Waals surface area (Å²) < 4.78 is 15.0. The summed E-state index contributed by atoms with van der Waals surface area (Å²) in [6.45, 7) is 7.03. The minimum Gasteiger partial charge on any atom is -0.469 e. The quantitative estimate of drug-likeness (QED) is 0.431. The number of carbonyl (C=O) groups is 3. The predicted molar refractivity (Wildman–Crippen MR) is 100 cm³/mol. The van der Waals surface area contributed by atoms with Crippen molar-refractivity contribution in [3.8, 4) is 5.75 Å². The fourth-order valence-electron chi connectivity index (χ4n) is 2.77.